The smallest absolute Gasteiger partial charge is 0.136 e. The highest BCUT2D eigenvalue weighted by atomic mass is 16.1. The molecule has 2 unspecified atom stereocenters. The van der Waals surface area contributed by atoms with E-state index >= 15 is 0 Å². The van der Waals surface area contributed by atoms with Gasteiger partial charge in [-0.1, -0.05) is 25.7 Å². The van der Waals surface area contributed by atoms with Crippen molar-refractivity contribution in [3.8, 4) is 0 Å². The van der Waals surface area contributed by atoms with Gasteiger partial charge in [0.1, 0.15) is 5.78 Å². The minimum absolute atomic E-state index is 0.299. The number of rotatable bonds is 3. The van der Waals surface area contributed by atoms with Crippen LogP contribution >= 0.6 is 0 Å². The van der Waals surface area contributed by atoms with Crippen molar-refractivity contribution in [1.82, 2.24) is 0 Å². The SMILES string of the molecule is NC1CCC(C(=O)CC2CCCC2)C1. The molecule has 14 heavy (non-hydrogen) atoms. The van der Waals surface area contributed by atoms with Crippen LogP contribution in [0.3, 0.4) is 0 Å². The van der Waals surface area contributed by atoms with Crippen LogP contribution in [0.2, 0.25) is 0 Å². The predicted molar refractivity (Wildman–Crippen MR) is 56.9 cm³/mol. The highest BCUT2D eigenvalue weighted by molar-refractivity contribution is 5.81. The molecule has 0 aliphatic heterocycles. The number of hydrogen-bond acceptors (Lipinski definition) is 2. The maximum Gasteiger partial charge on any atom is 0.136 e. The van der Waals surface area contributed by atoms with Crippen molar-refractivity contribution in [2.45, 2.75) is 57.4 Å². The van der Waals surface area contributed by atoms with Gasteiger partial charge in [-0.25, -0.2) is 0 Å². The van der Waals surface area contributed by atoms with Gasteiger partial charge in [-0.2, -0.15) is 0 Å². The Hall–Kier alpha value is -0.370. The summed E-state index contributed by atoms with van der Waals surface area (Å²) in [5, 5.41) is 0. The molecule has 0 saturated heterocycles. The molecule has 0 radical (unpaired) electrons. The molecule has 0 bridgehead atoms. The van der Waals surface area contributed by atoms with E-state index in [1.807, 2.05) is 0 Å². The Kier molecular flexibility index (Phi) is 3.22. The normalized spacial score (nSPS) is 33.8. The van der Waals surface area contributed by atoms with Gasteiger partial charge in [0.2, 0.25) is 0 Å². The molecule has 0 heterocycles. The van der Waals surface area contributed by atoms with E-state index in [2.05, 4.69) is 0 Å². The van der Waals surface area contributed by atoms with Gasteiger partial charge in [-0.05, 0) is 25.2 Å². The summed E-state index contributed by atoms with van der Waals surface area (Å²) in [5.41, 5.74) is 5.82. The molecule has 2 heteroatoms. The first-order valence-electron chi connectivity index (χ1n) is 6.04. The van der Waals surface area contributed by atoms with Crippen molar-refractivity contribution in [2.75, 3.05) is 0 Å². The minimum Gasteiger partial charge on any atom is -0.328 e. The topological polar surface area (TPSA) is 43.1 Å². The zero-order valence-corrected chi connectivity index (χ0v) is 8.87. The fourth-order valence-electron chi connectivity index (χ4n) is 2.97. The summed E-state index contributed by atoms with van der Waals surface area (Å²) in [7, 11) is 0. The van der Waals surface area contributed by atoms with Crippen LogP contribution in [0.4, 0.5) is 0 Å². The number of hydrogen-bond donors (Lipinski definition) is 1. The molecule has 2 aliphatic carbocycles. The molecule has 80 valence electrons. The van der Waals surface area contributed by atoms with E-state index in [1.54, 1.807) is 0 Å². The van der Waals surface area contributed by atoms with Crippen molar-refractivity contribution in [2.24, 2.45) is 17.6 Å². The average Bonchev–Trinajstić information content (AvgIpc) is 2.75. The number of carbonyl (C=O) groups excluding carboxylic acids is 1. The van der Waals surface area contributed by atoms with Gasteiger partial charge in [0.05, 0.1) is 0 Å². The third-order valence-electron chi connectivity index (χ3n) is 3.89. The number of ketones is 1. The molecule has 2 aliphatic rings. The van der Waals surface area contributed by atoms with Crippen molar-refractivity contribution >= 4 is 5.78 Å². The van der Waals surface area contributed by atoms with Crippen LogP contribution in [0.25, 0.3) is 0 Å². The van der Waals surface area contributed by atoms with E-state index in [0.29, 0.717) is 23.7 Å². The van der Waals surface area contributed by atoms with Crippen LogP contribution < -0.4 is 5.73 Å². The van der Waals surface area contributed by atoms with Gasteiger partial charge in [-0.3, -0.25) is 4.79 Å². The molecule has 2 rings (SSSR count). The van der Waals surface area contributed by atoms with Crippen LogP contribution in [0.15, 0.2) is 0 Å². The summed E-state index contributed by atoms with van der Waals surface area (Å²) in [4.78, 5) is 11.9. The third kappa shape index (κ3) is 2.35. The van der Waals surface area contributed by atoms with Crippen molar-refractivity contribution in [3.05, 3.63) is 0 Å². The molecule has 2 N–H and O–H groups in total. The van der Waals surface area contributed by atoms with Gasteiger partial charge < -0.3 is 5.73 Å². The number of Topliss-reactive ketones (excluding diaryl/α,β-unsaturated/α-hetero) is 1. The van der Waals surface area contributed by atoms with Gasteiger partial charge in [0.25, 0.3) is 0 Å². The van der Waals surface area contributed by atoms with Gasteiger partial charge >= 0.3 is 0 Å². The van der Waals surface area contributed by atoms with E-state index in [9.17, 15) is 4.79 Å². The second-order valence-electron chi connectivity index (χ2n) is 5.09. The molecule has 0 aromatic heterocycles. The standard InChI is InChI=1S/C12H21NO/c13-11-6-5-10(8-11)12(14)7-9-3-1-2-4-9/h9-11H,1-8,13H2. The van der Waals surface area contributed by atoms with Crippen LogP contribution in [0.5, 0.6) is 0 Å². The van der Waals surface area contributed by atoms with Gasteiger partial charge in [0, 0.05) is 18.4 Å². The predicted octanol–water partition coefficient (Wildman–Crippen LogP) is 2.26. The Morgan fingerprint density at radius 3 is 2.43 bits per heavy atom. The lowest BCUT2D eigenvalue weighted by atomic mass is 9.92. The minimum atomic E-state index is 0.299. The van der Waals surface area contributed by atoms with E-state index < -0.39 is 0 Å². The summed E-state index contributed by atoms with van der Waals surface area (Å²) in [6.07, 6.45) is 9.13. The summed E-state index contributed by atoms with van der Waals surface area (Å²) in [6.45, 7) is 0. The molecular formula is C12H21NO. The maximum absolute atomic E-state index is 11.9. The Bertz CT molecular complexity index is 208. The Morgan fingerprint density at radius 1 is 1.14 bits per heavy atom. The van der Waals surface area contributed by atoms with Crippen LogP contribution in [-0.4, -0.2) is 11.8 Å². The van der Waals surface area contributed by atoms with Crippen LogP contribution in [0.1, 0.15) is 51.4 Å². The highest BCUT2D eigenvalue weighted by Crippen LogP contribution is 2.32. The molecule has 2 fully saturated rings. The summed E-state index contributed by atoms with van der Waals surface area (Å²) >= 11 is 0. The molecule has 2 saturated carbocycles. The first-order chi connectivity index (χ1) is 6.75. The van der Waals surface area contributed by atoms with Crippen molar-refractivity contribution in [3.63, 3.8) is 0 Å². The highest BCUT2D eigenvalue weighted by Gasteiger charge is 2.29. The number of carbonyl (C=O) groups is 1. The second-order valence-corrected chi connectivity index (χ2v) is 5.09. The lowest BCUT2D eigenvalue weighted by Gasteiger charge is -2.12. The first kappa shape index (κ1) is 10.2. The summed E-state index contributed by atoms with van der Waals surface area (Å²) in [5.74, 6) is 1.52. The van der Waals surface area contributed by atoms with Crippen LogP contribution in [0, 0.1) is 11.8 Å². The average molecular weight is 195 g/mol. The summed E-state index contributed by atoms with van der Waals surface area (Å²) in [6, 6.07) is 0.299. The molecule has 0 aromatic rings. The lowest BCUT2D eigenvalue weighted by molar-refractivity contribution is -0.123. The van der Waals surface area contributed by atoms with E-state index in [1.165, 1.54) is 25.7 Å². The third-order valence-corrected chi connectivity index (χ3v) is 3.89. The molecule has 0 amide bonds. The Labute approximate surface area is 86.2 Å². The fourth-order valence-corrected chi connectivity index (χ4v) is 2.97. The van der Waals surface area contributed by atoms with Crippen molar-refractivity contribution < 1.29 is 4.79 Å². The zero-order valence-electron chi connectivity index (χ0n) is 8.87. The van der Waals surface area contributed by atoms with E-state index in [0.717, 1.165) is 25.7 Å². The maximum atomic E-state index is 11.9. The number of nitrogens with two attached hydrogens (primary N) is 1. The van der Waals surface area contributed by atoms with Crippen LogP contribution in [-0.2, 0) is 4.79 Å². The molecule has 0 aromatic carbocycles. The van der Waals surface area contributed by atoms with E-state index in [-0.39, 0.29) is 0 Å². The molecule has 2 nitrogen and oxygen atoms in total. The molecular weight excluding hydrogens is 174 g/mol. The van der Waals surface area contributed by atoms with Gasteiger partial charge in [-0.15, -0.1) is 0 Å². The molecule has 2 atom stereocenters. The quantitative estimate of drug-likeness (QED) is 0.750. The first-order valence-corrected chi connectivity index (χ1v) is 6.04. The molecule has 0 spiro atoms. The lowest BCUT2D eigenvalue weighted by Crippen LogP contribution is -2.19. The Morgan fingerprint density at radius 2 is 1.86 bits per heavy atom. The fraction of sp³-hybridized carbons (Fsp3) is 0.917. The Balaban J connectivity index is 1.77. The van der Waals surface area contributed by atoms with Gasteiger partial charge in [0.15, 0.2) is 0 Å². The largest absolute Gasteiger partial charge is 0.328 e. The zero-order chi connectivity index (χ0) is 9.97. The van der Waals surface area contributed by atoms with E-state index in [4.69, 9.17) is 5.73 Å². The second kappa shape index (κ2) is 4.43. The summed E-state index contributed by atoms with van der Waals surface area (Å²) < 4.78 is 0. The van der Waals surface area contributed by atoms with Crippen molar-refractivity contribution in [1.29, 1.82) is 0 Å². The monoisotopic (exact) mass is 195 g/mol.